The molecule has 3 N–H and O–H groups in total. The Labute approximate surface area is 74.9 Å². The molecule has 1 unspecified atom stereocenters. The van der Waals surface area contributed by atoms with Crippen LogP contribution in [0.25, 0.3) is 0 Å². The maximum Gasteiger partial charge on any atom is 0.0488 e. The maximum absolute atomic E-state index is 8.80. The minimum atomic E-state index is 0.168. The molecular weight excluding hydrogens is 154 g/mol. The Balaban J connectivity index is 3.17. The van der Waals surface area contributed by atoms with Gasteiger partial charge in [0, 0.05) is 19.8 Å². The lowest BCUT2D eigenvalue weighted by Gasteiger charge is -2.12. The summed E-state index contributed by atoms with van der Waals surface area (Å²) in [7, 11) is 0. The first-order valence-electron chi connectivity index (χ1n) is 4.59. The second kappa shape index (κ2) is 7.53. The zero-order chi connectivity index (χ0) is 9.40. The van der Waals surface area contributed by atoms with Crippen LogP contribution < -0.4 is 5.73 Å². The van der Waals surface area contributed by atoms with Crippen LogP contribution in [0.15, 0.2) is 0 Å². The average molecular weight is 175 g/mol. The van der Waals surface area contributed by atoms with Crippen molar-refractivity contribution in [2.24, 2.45) is 17.6 Å². The molecule has 74 valence electrons. The number of rotatable bonds is 7. The highest BCUT2D eigenvalue weighted by atomic mass is 16.5. The van der Waals surface area contributed by atoms with Gasteiger partial charge in [0.05, 0.1) is 0 Å². The van der Waals surface area contributed by atoms with Crippen molar-refractivity contribution in [2.75, 3.05) is 26.4 Å². The third kappa shape index (κ3) is 6.58. The third-order valence-electron chi connectivity index (χ3n) is 1.71. The number of hydrogen-bond acceptors (Lipinski definition) is 3. The fraction of sp³-hybridized carbons (Fsp3) is 1.00. The molecule has 3 nitrogen and oxygen atoms in total. The van der Waals surface area contributed by atoms with Crippen molar-refractivity contribution in [3.8, 4) is 0 Å². The highest BCUT2D eigenvalue weighted by molar-refractivity contribution is 4.56. The molecule has 0 saturated heterocycles. The quantitative estimate of drug-likeness (QED) is 0.558. The van der Waals surface area contributed by atoms with Gasteiger partial charge < -0.3 is 15.6 Å². The molecule has 12 heavy (non-hydrogen) atoms. The summed E-state index contributed by atoms with van der Waals surface area (Å²) in [5, 5.41) is 8.80. The lowest BCUT2D eigenvalue weighted by atomic mass is 10.1. The first-order valence-corrected chi connectivity index (χ1v) is 4.59. The lowest BCUT2D eigenvalue weighted by Crippen LogP contribution is -2.20. The van der Waals surface area contributed by atoms with E-state index in [4.69, 9.17) is 15.6 Å². The van der Waals surface area contributed by atoms with E-state index in [1.807, 2.05) is 0 Å². The van der Waals surface area contributed by atoms with Crippen LogP contribution in [0.5, 0.6) is 0 Å². The van der Waals surface area contributed by atoms with Crippen LogP contribution in [-0.2, 0) is 4.74 Å². The van der Waals surface area contributed by atoms with E-state index >= 15 is 0 Å². The van der Waals surface area contributed by atoms with Gasteiger partial charge in [0.25, 0.3) is 0 Å². The van der Waals surface area contributed by atoms with Crippen molar-refractivity contribution in [3.63, 3.8) is 0 Å². The summed E-state index contributed by atoms with van der Waals surface area (Å²) in [6, 6.07) is 0. The minimum absolute atomic E-state index is 0.168. The molecule has 0 aliphatic rings. The van der Waals surface area contributed by atoms with Crippen molar-refractivity contribution in [3.05, 3.63) is 0 Å². The molecule has 0 bridgehead atoms. The Morgan fingerprint density at radius 1 is 1.42 bits per heavy atom. The lowest BCUT2D eigenvalue weighted by molar-refractivity contribution is 0.0892. The first-order chi connectivity index (χ1) is 5.70. The summed E-state index contributed by atoms with van der Waals surface area (Å²) < 4.78 is 5.36. The number of hydrogen-bond donors (Lipinski definition) is 2. The Kier molecular flexibility index (Phi) is 7.45. The van der Waals surface area contributed by atoms with Crippen LogP contribution in [0.2, 0.25) is 0 Å². The minimum Gasteiger partial charge on any atom is -0.396 e. The van der Waals surface area contributed by atoms with Crippen LogP contribution >= 0.6 is 0 Å². The second-order valence-corrected chi connectivity index (χ2v) is 3.54. The smallest absolute Gasteiger partial charge is 0.0488 e. The fourth-order valence-electron chi connectivity index (χ4n) is 0.853. The molecule has 0 amide bonds. The Morgan fingerprint density at radius 3 is 2.50 bits per heavy atom. The summed E-state index contributed by atoms with van der Waals surface area (Å²) in [4.78, 5) is 0. The summed E-state index contributed by atoms with van der Waals surface area (Å²) in [6.07, 6.45) is 0.861. The van der Waals surface area contributed by atoms with Crippen molar-refractivity contribution in [1.82, 2.24) is 0 Å². The largest absolute Gasteiger partial charge is 0.396 e. The Bertz CT molecular complexity index is 92.5. The van der Waals surface area contributed by atoms with E-state index in [9.17, 15) is 0 Å². The van der Waals surface area contributed by atoms with Gasteiger partial charge in [-0.3, -0.25) is 0 Å². The van der Waals surface area contributed by atoms with E-state index in [1.165, 1.54) is 0 Å². The molecule has 0 aromatic rings. The number of ether oxygens (including phenoxy) is 1. The van der Waals surface area contributed by atoms with Crippen molar-refractivity contribution in [2.45, 2.75) is 20.3 Å². The summed E-state index contributed by atoms with van der Waals surface area (Å²) in [6.45, 7) is 6.45. The van der Waals surface area contributed by atoms with Gasteiger partial charge >= 0.3 is 0 Å². The molecule has 0 spiro atoms. The van der Waals surface area contributed by atoms with Crippen LogP contribution in [0.4, 0.5) is 0 Å². The SMILES string of the molecule is CC(C)COCCC(CN)CO. The van der Waals surface area contributed by atoms with E-state index in [-0.39, 0.29) is 12.5 Å². The second-order valence-electron chi connectivity index (χ2n) is 3.54. The normalized spacial score (nSPS) is 13.8. The van der Waals surface area contributed by atoms with Crippen LogP contribution in [0, 0.1) is 11.8 Å². The predicted octanol–water partition coefficient (Wildman–Crippen LogP) is 0.616. The van der Waals surface area contributed by atoms with Crippen molar-refractivity contribution < 1.29 is 9.84 Å². The first kappa shape index (κ1) is 11.9. The highest BCUT2D eigenvalue weighted by Gasteiger charge is 2.04. The molecule has 0 aliphatic heterocycles. The topological polar surface area (TPSA) is 55.5 Å². The van der Waals surface area contributed by atoms with Gasteiger partial charge in [-0.2, -0.15) is 0 Å². The molecule has 0 rings (SSSR count). The number of nitrogens with two attached hydrogens (primary N) is 1. The molecule has 0 aromatic heterocycles. The van der Waals surface area contributed by atoms with Gasteiger partial charge in [0.2, 0.25) is 0 Å². The van der Waals surface area contributed by atoms with E-state index < -0.39 is 0 Å². The standard InChI is InChI=1S/C9H21NO2/c1-8(2)7-12-4-3-9(5-10)6-11/h8-9,11H,3-7,10H2,1-2H3. The zero-order valence-corrected chi connectivity index (χ0v) is 8.12. The molecule has 1 atom stereocenters. The molecular formula is C9H21NO2. The van der Waals surface area contributed by atoms with E-state index in [0.717, 1.165) is 13.0 Å². The predicted molar refractivity (Wildman–Crippen MR) is 49.9 cm³/mol. The molecule has 0 fully saturated rings. The van der Waals surface area contributed by atoms with Gasteiger partial charge in [-0.25, -0.2) is 0 Å². The summed E-state index contributed by atoms with van der Waals surface area (Å²) >= 11 is 0. The third-order valence-corrected chi connectivity index (χ3v) is 1.71. The van der Waals surface area contributed by atoms with Crippen molar-refractivity contribution in [1.29, 1.82) is 0 Å². The maximum atomic E-state index is 8.80. The van der Waals surface area contributed by atoms with Gasteiger partial charge in [-0.1, -0.05) is 13.8 Å². The molecule has 0 aliphatic carbocycles. The van der Waals surface area contributed by atoms with Gasteiger partial charge in [-0.05, 0) is 24.8 Å². The zero-order valence-electron chi connectivity index (χ0n) is 8.12. The van der Waals surface area contributed by atoms with E-state index in [1.54, 1.807) is 0 Å². The Morgan fingerprint density at radius 2 is 2.08 bits per heavy atom. The fourth-order valence-corrected chi connectivity index (χ4v) is 0.853. The van der Waals surface area contributed by atoms with Crippen molar-refractivity contribution >= 4 is 0 Å². The summed E-state index contributed by atoms with van der Waals surface area (Å²) in [5.74, 6) is 0.785. The molecule has 3 heteroatoms. The van der Waals surface area contributed by atoms with Gasteiger partial charge in [0.15, 0.2) is 0 Å². The Hall–Kier alpha value is -0.120. The summed E-state index contributed by atoms with van der Waals surface area (Å²) in [5.41, 5.74) is 5.41. The molecule has 0 radical (unpaired) electrons. The average Bonchev–Trinajstić information content (AvgIpc) is 2.04. The van der Waals surface area contributed by atoms with Crippen LogP contribution in [0.1, 0.15) is 20.3 Å². The van der Waals surface area contributed by atoms with Crippen LogP contribution in [-0.4, -0.2) is 31.5 Å². The van der Waals surface area contributed by atoms with Crippen LogP contribution in [0.3, 0.4) is 0 Å². The highest BCUT2D eigenvalue weighted by Crippen LogP contribution is 2.01. The number of aliphatic hydroxyl groups excluding tert-OH is 1. The van der Waals surface area contributed by atoms with Gasteiger partial charge in [0.1, 0.15) is 0 Å². The monoisotopic (exact) mass is 175 g/mol. The number of aliphatic hydroxyl groups is 1. The van der Waals surface area contributed by atoms with E-state index in [0.29, 0.717) is 19.1 Å². The van der Waals surface area contributed by atoms with Gasteiger partial charge in [-0.15, -0.1) is 0 Å². The molecule has 0 aromatic carbocycles. The molecule has 0 saturated carbocycles. The van der Waals surface area contributed by atoms with E-state index in [2.05, 4.69) is 13.8 Å². The molecule has 0 heterocycles.